The number of allylic oxidation sites excluding steroid dienone is 1. The maximum Gasteiger partial charge on any atom is 0.328 e. The maximum absolute atomic E-state index is 10.9. The van der Waals surface area contributed by atoms with Gasteiger partial charge in [0, 0.05) is 24.0 Å². The van der Waals surface area contributed by atoms with E-state index in [1.165, 1.54) is 12.4 Å². The van der Waals surface area contributed by atoms with Crippen LogP contribution in [0.15, 0.2) is 54.6 Å². The quantitative estimate of drug-likeness (QED) is 0.854. The summed E-state index contributed by atoms with van der Waals surface area (Å²) in [5.74, 6) is -0.681. The van der Waals surface area contributed by atoms with E-state index in [0.29, 0.717) is 6.42 Å². The van der Waals surface area contributed by atoms with Crippen LogP contribution in [0, 0.1) is 5.92 Å². The average Bonchev–Trinajstić information content (AvgIpc) is 2.48. The molecule has 1 N–H and O–H groups in total. The van der Waals surface area contributed by atoms with Crippen LogP contribution in [0.5, 0.6) is 0 Å². The smallest absolute Gasteiger partial charge is 0.328 e. The molecule has 108 valence electrons. The van der Waals surface area contributed by atoms with Crippen LogP contribution in [-0.2, 0) is 11.2 Å². The summed E-state index contributed by atoms with van der Waals surface area (Å²) < 4.78 is 0. The van der Waals surface area contributed by atoms with Crippen LogP contribution in [-0.4, -0.2) is 21.0 Å². The van der Waals surface area contributed by atoms with Crippen LogP contribution in [0.4, 0.5) is 0 Å². The zero-order valence-electron chi connectivity index (χ0n) is 12.2. The monoisotopic (exact) mass is 282 g/mol. The minimum absolute atomic E-state index is 0.211. The van der Waals surface area contributed by atoms with Crippen molar-refractivity contribution in [3.8, 4) is 11.1 Å². The van der Waals surface area contributed by atoms with Crippen LogP contribution in [0.25, 0.3) is 11.1 Å². The zero-order chi connectivity index (χ0) is 15.2. The van der Waals surface area contributed by atoms with Crippen molar-refractivity contribution in [2.24, 2.45) is 5.92 Å². The molecule has 2 rings (SSSR count). The molecular formula is C17H18N2O2. The fourth-order valence-electron chi connectivity index (χ4n) is 2.08. The number of hydrogen-bond acceptors (Lipinski definition) is 3. The van der Waals surface area contributed by atoms with E-state index in [0.717, 1.165) is 22.3 Å². The number of rotatable bonds is 5. The predicted octanol–water partition coefficient (Wildman–Crippen LogP) is 3.35. The molecule has 1 heterocycles. The summed E-state index contributed by atoms with van der Waals surface area (Å²) in [6.07, 6.45) is 7.00. The Morgan fingerprint density at radius 3 is 2.29 bits per heavy atom. The second kappa shape index (κ2) is 6.79. The van der Waals surface area contributed by atoms with Gasteiger partial charge in [-0.1, -0.05) is 43.7 Å². The Morgan fingerprint density at radius 1 is 1.14 bits per heavy atom. The number of aromatic nitrogens is 2. The van der Waals surface area contributed by atoms with Gasteiger partial charge < -0.3 is 5.11 Å². The van der Waals surface area contributed by atoms with Crippen molar-refractivity contribution in [2.45, 2.75) is 20.3 Å². The molecule has 0 saturated heterocycles. The van der Waals surface area contributed by atoms with Gasteiger partial charge in [0.15, 0.2) is 0 Å². The second-order valence-electron chi connectivity index (χ2n) is 5.21. The number of hydrogen-bond donors (Lipinski definition) is 1. The van der Waals surface area contributed by atoms with Crippen molar-refractivity contribution in [2.75, 3.05) is 0 Å². The van der Waals surface area contributed by atoms with Crippen LogP contribution in [0.1, 0.15) is 19.4 Å². The van der Waals surface area contributed by atoms with Gasteiger partial charge in [-0.05, 0) is 23.5 Å². The summed E-state index contributed by atoms with van der Waals surface area (Å²) in [5, 5.41) is 8.91. The molecule has 0 amide bonds. The molecule has 0 aliphatic heterocycles. The van der Waals surface area contributed by atoms with Crippen molar-refractivity contribution in [3.63, 3.8) is 0 Å². The molecule has 0 unspecified atom stereocenters. The first-order chi connectivity index (χ1) is 10.1. The normalized spacial score (nSPS) is 11.7. The Labute approximate surface area is 124 Å². The van der Waals surface area contributed by atoms with Gasteiger partial charge in [-0.2, -0.15) is 0 Å². The lowest BCUT2D eigenvalue weighted by Crippen LogP contribution is -2.02. The van der Waals surface area contributed by atoms with Crippen molar-refractivity contribution >= 4 is 5.97 Å². The highest BCUT2D eigenvalue weighted by atomic mass is 16.4. The number of carboxylic acid groups (broad SMARTS) is 1. The molecule has 0 fully saturated rings. The molecule has 0 atom stereocenters. The van der Waals surface area contributed by atoms with Gasteiger partial charge in [-0.25, -0.2) is 14.8 Å². The summed E-state index contributed by atoms with van der Waals surface area (Å²) >= 11 is 0. The highest BCUT2D eigenvalue weighted by Gasteiger charge is 2.07. The third-order valence-electron chi connectivity index (χ3n) is 3.31. The van der Waals surface area contributed by atoms with E-state index in [1.54, 1.807) is 12.4 Å². The van der Waals surface area contributed by atoms with Gasteiger partial charge in [0.1, 0.15) is 6.33 Å². The van der Waals surface area contributed by atoms with E-state index in [9.17, 15) is 4.79 Å². The Bertz CT molecular complexity index is 632. The molecule has 0 bridgehead atoms. The average molecular weight is 282 g/mol. The molecule has 0 aliphatic rings. The summed E-state index contributed by atoms with van der Waals surface area (Å²) in [4.78, 5) is 18.9. The zero-order valence-corrected chi connectivity index (χ0v) is 12.2. The molecule has 21 heavy (non-hydrogen) atoms. The third kappa shape index (κ3) is 4.24. The van der Waals surface area contributed by atoms with Gasteiger partial charge in [-0.3, -0.25) is 0 Å². The van der Waals surface area contributed by atoms with E-state index in [4.69, 9.17) is 5.11 Å². The van der Waals surface area contributed by atoms with E-state index in [1.807, 2.05) is 38.1 Å². The topological polar surface area (TPSA) is 63.1 Å². The number of nitrogens with zero attached hydrogens (tertiary/aromatic N) is 2. The Kier molecular flexibility index (Phi) is 4.82. The first-order valence-electron chi connectivity index (χ1n) is 6.84. The Morgan fingerprint density at radius 2 is 1.76 bits per heavy atom. The van der Waals surface area contributed by atoms with Gasteiger partial charge in [0.05, 0.1) is 0 Å². The summed E-state index contributed by atoms with van der Waals surface area (Å²) in [7, 11) is 0. The summed E-state index contributed by atoms with van der Waals surface area (Å²) in [6.45, 7) is 4.01. The number of carbonyl (C=O) groups is 1. The first-order valence-corrected chi connectivity index (χ1v) is 6.84. The number of aliphatic carboxylic acids is 1. The summed E-state index contributed by atoms with van der Waals surface area (Å²) in [5.41, 5.74) is 4.02. The predicted molar refractivity (Wildman–Crippen MR) is 81.7 cm³/mol. The molecule has 1 aromatic carbocycles. The highest BCUT2D eigenvalue weighted by molar-refractivity contribution is 5.80. The van der Waals surface area contributed by atoms with Gasteiger partial charge in [0.25, 0.3) is 0 Å². The molecule has 0 spiro atoms. The van der Waals surface area contributed by atoms with Crippen molar-refractivity contribution in [3.05, 3.63) is 60.2 Å². The van der Waals surface area contributed by atoms with E-state index in [-0.39, 0.29) is 5.92 Å². The van der Waals surface area contributed by atoms with E-state index >= 15 is 0 Å². The van der Waals surface area contributed by atoms with Crippen molar-refractivity contribution in [1.82, 2.24) is 9.97 Å². The minimum atomic E-state index is -0.892. The van der Waals surface area contributed by atoms with E-state index in [2.05, 4.69) is 9.97 Å². The van der Waals surface area contributed by atoms with Crippen LogP contribution < -0.4 is 0 Å². The molecule has 0 aliphatic carbocycles. The lowest BCUT2D eigenvalue weighted by molar-refractivity contribution is -0.131. The number of benzene rings is 1. The lowest BCUT2D eigenvalue weighted by Gasteiger charge is -2.11. The molecule has 2 aromatic rings. The first kappa shape index (κ1) is 14.9. The molecule has 1 aromatic heterocycles. The van der Waals surface area contributed by atoms with Crippen LogP contribution in [0.3, 0.4) is 0 Å². The van der Waals surface area contributed by atoms with E-state index < -0.39 is 5.97 Å². The van der Waals surface area contributed by atoms with Gasteiger partial charge in [-0.15, -0.1) is 0 Å². The number of carboxylic acids is 1. The molecule has 0 radical (unpaired) electrons. The van der Waals surface area contributed by atoms with Crippen molar-refractivity contribution in [1.29, 1.82) is 0 Å². The SMILES string of the molecule is CC(C)/C(=C\C(=O)O)Cc1ccc(-c2cncnc2)cc1. The van der Waals surface area contributed by atoms with Crippen LogP contribution in [0.2, 0.25) is 0 Å². The fourth-order valence-corrected chi connectivity index (χ4v) is 2.08. The second-order valence-corrected chi connectivity index (χ2v) is 5.21. The Balaban J connectivity index is 2.17. The molecule has 0 saturated carbocycles. The van der Waals surface area contributed by atoms with Crippen LogP contribution >= 0.6 is 0 Å². The third-order valence-corrected chi connectivity index (χ3v) is 3.31. The lowest BCUT2D eigenvalue weighted by atomic mass is 9.94. The molecular weight excluding hydrogens is 264 g/mol. The van der Waals surface area contributed by atoms with Gasteiger partial charge in [0.2, 0.25) is 0 Å². The molecule has 4 heteroatoms. The Hall–Kier alpha value is -2.49. The largest absolute Gasteiger partial charge is 0.478 e. The standard InChI is InChI=1S/C17H18N2O2/c1-12(2)15(8-17(20)21)7-13-3-5-14(6-4-13)16-9-18-11-19-10-16/h3-6,8-12H,7H2,1-2H3,(H,20,21)/b15-8-. The minimum Gasteiger partial charge on any atom is -0.478 e. The fraction of sp³-hybridized carbons (Fsp3) is 0.235. The highest BCUT2D eigenvalue weighted by Crippen LogP contribution is 2.21. The molecule has 4 nitrogen and oxygen atoms in total. The maximum atomic E-state index is 10.9. The van der Waals surface area contributed by atoms with Gasteiger partial charge >= 0.3 is 5.97 Å². The summed E-state index contributed by atoms with van der Waals surface area (Å²) in [6, 6.07) is 8.04. The van der Waals surface area contributed by atoms with Crippen molar-refractivity contribution < 1.29 is 9.90 Å².